The minimum atomic E-state index is -0.775. The molecule has 1 unspecified atom stereocenters. The van der Waals surface area contributed by atoms with Gasteiger partial charge < -0.3 is 14.2 Å². The van der Waals surface area contributed by atoms with E-state index in [1.807, 2.05) is 0 Å². The fourth-order valence-electron chi connectivity index (χ4n) is 8.89. The highest BCUT2D eigenvalue weighted by molar-refractivity contribution is 5.71. The predicted molar refractivity (Wildman–Crippen MR) is 289 cm³/mol. The molecule has 0 aliphatic carbocycles. The van der Waals surface area contributed by atoms with Crippen molar-refractivity contribution in [2.45, 2.75) is 335 Å². The molecule has 0 fully saturated rings. The summed E-state index contributed by atoms with van der Waals surface area (Å²) in [6, 6.07) is 0. The van der Waals surface area contributed by atoms with Gasteiger partial charge in [-0.05, 0) is 64.2 Å². The van der Waals surface area contributed by atoms with Crippen LogP contribution in [0.3, 0.4) is 0 Å². The highest BCUT2D eigenvalue weighted by Crippen LogP contribution is 2.17. The zero-order valence-electron chi connectivity index (χ0n) is 45.2. The van der Waals surface area contributed by atoms with E-state index in [1.54, 1.807) is 0 Å². The fourth-order valence-corrected chi connectivity index (χ4v) is 8.89. The Labute approximate surface area is 417 Å². The maximum atomic E-state index is 12.8. The normalized spacial score (nSPS) is 12.1. The van der Waals surface area contributed by atoms with Crippen molar-refractivity contribution in [1.29, 1.82) is 0 Å². The minimum absolute atomic E-state index is 0.0729. The number of unbranched alkanes of at least 4 members (excludes halogenated alkanes) is 40. The first-order valence-corrected chi connectivity index (χ1v) is 29.8. The molecular weight excluding hydrogens is 829 g/mol. The molecule has 0 aromatic carbocycles. The van der Waals surface area contributed by atoms with Crippen LogP contribution in [0.4, 0.5) is 0 Å². The SMILES string of the molecule is CCCC/C=C\CCCCCCCC(=O)OCC(COC(=O)CCCCCCCCCCCCCCCCCCCCCCCCC)OC(=O)CCCCCCC/C=C\CCCCCCCC. The van der Waals surface area contributed by atoms with E-state index in [1.165, 1.54) is 218 Å². The molecule has 0 aliphatic heterocycles. The molecule has 0 saturated carbocycles. The molecule has 67 heavy (non-hydrogen) atoms. The zero-order valence-corrected chi connectivity index (χ0v) is 45.2. The Kier molecular flexibility index (Phi) is 54.7. The van der Waals surface area contributed by atoms with Crippen molar-refractivity contribution >= 4 is 17.9 Å². The molecule has 0 rings (SSSR count). The molecule has 6 heteroatoms. The van der Waals surface area contributed by atoms with E-state index >= 15 is 0 Å². The first kappa shape index (κ1) is 64.9. The topological polar surface area (TPSA) is 78.9 Å². The van der Waals surface area contributed by atoms with Crippen molar-refractivity contribution in [3.05, 3.63) is 24.3 Å². The molecule has 0 aromatic rings. The lowest BCUT2D eigenvalue weighted by atomic mass is 10.0. The van der Waals surface area contributed by atoms with Crippen LogP contribution in [-0.2, 0) is 28.6 Å². The summed E-state index contributed by atoms with van der Waals surface area (Å²) in [5, 5.41) is 0. The first-order valence-electron chi connectivity index (χ1n) is 29.8. The van der Waals surface area contributed by atoms with Gasteiger partial charge in [0.2, 0.25) is 0 Å². The Bertz CT molecular complexity index is 1080. The molecule has 6 nitrogen and oxygen atoms in total. The Balaban J connectivity index is 4.22. The highest BCUT2D eigenvalue weighted by atomic mass is 16.6. The monoisotopic (exact) mass is 943 g/mol. The average Bonchev–Trinajstić information content (AvgIpc) is 3.33. The molecule has 0 heterocycles. The molecule has 0 spiro atoms. The Morgan fingerprint density at radius 2 is 0.507 bits per heavy atom. The van der Waals surface area contributed by atoms with Gasteiger partial charge in [0.15, 0.2) is 6.10 Å². The summed E-state index contributed by atoms with van der Waals surface area (Å²) >= 11 is 0. The van der Waals surface area contributed by atoms with Gasteiger partial charge >= 0.3 is 17.9 Å². The Morgan fingerprint density at radius 1 is 0.284 bits per heavy atom. The van der Waals surface area contributed by atoms with Gasteiger partial charge in [0.1, 0.15) is 13.2 Å². The highest BCUT2D eigenvalue weighted by Gasteiger charge is 2.19. The van der Waals surface area contributed by atoms with E-state index in [0.29, 0.717) is 19.3 Å². The standard InChI is InChI=1S/C61H114O6/c1-4-7-10-13-16-19-22-24-26-27-28-29-30-31-32-33-35-36-39-42-45-48-51-54-60(63)66-57-58(56-65-59(62)53-50-47-44-41-38-21-18-15-12-9-6-3)67-61(64)55-52-49-46-43-40-37-34-25-23-20-17-14-11-8-5-2/h15,18,25,34,58H,4-14,16-17,19-24,26-33,35-57H2,1-3H3/b18-15-,34-25-. The van der Waals surface area contributed by atoms with Gasteiger partial charge in [-0.15, -0.1) is 0 Å². The first-order chi connectivity index (χ1) is 33.0. The van der Waals surface area contributed by atoms with E-state index in [2.05, 4.69) is 45.1 Å². The van der Waals surface area contributed by atoms with Gasteiger partial charge in [-0.2, -0.15) is 0 Å². The van der Waals surface area contributed by atoms with Crippen LogP contribution in [0.25, 0.3) is 0 Å². The molecule has 0 amide bonds. The number of hydrogen-bond donors (Lipinski definition) is 0. The molecule has 1 atom stereocenters. The smallest absolute Gasteiger partial charge is 0.306 e. The van der Waals surface area contributed by atoms with Crippen LogP contribution in [0.1, 0.15) is 329 Å². The molecule has 0 radical (unpaired) electrons. The summed E-state index contributed by atoms with van der Waals surface area (Å²) in [5.41, 5.74) is 0. The van der Waals surface area contributed by atoms with Crippen LogP contribution >= 0.6 is 0 Å². The number of allylic oxidation sites excluding steroid dienone is 4. The lowest BCUT2D eigenvalue weighted by Crippen LogP contribution is -2.30. The average molecular weight is 944 g/mol. The van der Waals surface area contributed by atoms with Gasteiger partial charge in [-0.3, -0.25) is 14.4 Å². The van der Waals surface area contributed by atoms with Gasteiger partial charge in [-0.25, -0.2) is 0 Å². The summed E-state index contributed by atoms with van der Waals surface area (Å²) < 4.78 is 16.9. The van der Waals surface area contributed by atoms with Crippen molar-refractivity contribution in [2.75, 3.05) is 13.2 Å². The van der Waals surface area contributed by atoms with Gasteiger partial charge in [-0.1, -0.05) is 270 Å². The van der Waals surface area contributed by atoms with Crippen LogP contribution in [0.15, 0.2) is 24.3 Å². The van der Waals surface area contributed by atoms with Gasteiger partial charge in [0.05, 0.1) is 0 Å². The Hall–Kier alpha value is -2.11. The largest absolute Gasteiger partial charge is 0.462 e. The number of esters is 3. The second-order valence-corrected chi connectivity index (χ2v) is 20.3. The second-order valence-electron chi connectivity index (χ2n) is 20.3. The van der Waals surface area contributed by atoms with Crippen LogP contribution in [-0.4, -0.2) is 37.2 Å². The van der Waals surface area contributed by atoms with Crippen molar-refractivity contribution in [3.63, 3.8) is 0 Å². The molecule has 0 aromatic heterocycles. The number of hydrogen-bond acceptors (Lipinski definition) is 6. The lowest BCUT2D eigenvalue weighted by molar-refractivity contribution is -0.167. The van der Waals surface area contributed by atoms with Crippen molar-refractivity contribution in [1.82, 2.24) is 0 Å². The zero-order chi connectivity index (χ0) is 48.6. The molecular formula is C61H114O6. The van der Waals surface area contributed by atoms with E-state index in [9.17, 15) is 14.4 Å². The number of carbonyl (C=O) groups is 3. The lowest BCUT2D eigenvalue weighted by Gasteiger charge is -2.18. The number of ether oxygens (including phenoxy) is 3. The summed E-state index contributed by atoms with van der Waals surface area (Å²) in [4.78, 5) is 38.1. The Morgan fingerprint density at radius 3 is 0.791 bits per heavy atom. The van der Waals surface area contributed by atoms with Crippen LogP contribution in [0.2, 0.25) is 0 Å². The quantitative estimate of drug-likeness (QED) is 0.0262. The molecule has 394 valence electrons. The molecule has 0 aliphatic rings. The van der Waals surface area contributed by atoms with Gasteiger partial charge in [0.25, 0.3) is 0 Å². The van der Waals surface area contributed by atoms with E-state index in [0.717, 1.165) is 70.6 Å². The summed E-state index contributed by atoms with van der Waals surface area (Å²) in [6.07, 6.45) is 66.1. The van der Waals surface area contributed by atoms with Crippen LogP contribution in [0.5, 0.6) is 0 Å². The molecule has 0 N–H and O–H groups in total. The van der Waals surface area contributed by atoms with Crippen molar-refractivity contribution < 1.29 is 28.6 Å². The maximum Gasteiger partial charge on any atom is 0.306 e. The third kappa shape index (κ3) is 54.7. The summed E-state index contributed by atoms with van der Waals surface area (Å²) in [6.45, 7) is 6.63. The van der Waals surface area contributed by atoms with E-state index in [4.69, 9.17) is 14.2 Å². The molecule has 0 bridgehead atoms. The summed E-state index contributed by atoms with van der Waals surface area (Å²) in [7, 11) is 0. The van der Waals surface area contributed by atoms with Crippen molar-refractivity contribution in [3.8, 4) is 0 Å². The van der Waals surface area contributed by atoms with Gasteiger partial charge in [0, 0.05) is 19.3 Å². The molecule has 0 saturated heterocycles. The second kappa shape index (κ2) is 56.5. The van der Waals surface area contributed by atoms with E-state index < -0.39 is 6.10 Å². The minimum Gasteiger partial charge on any atom is -0.462 e. The maximum absolute atomic E-state index is 12.8. The summed E-state index contributed by atoms with van der Waals surface area (Å²) in [5.74, 6) is -0.872. The number of carbonyl (C=O) groups excluding carboxylic acids is 3. The van der Waals surface area contributed by atoms with Crippen LogP contribution in [0, 0.1) is 0 Å². The number of rotatable bonds is 55. The third-order valence-electron chi connectivity index (χ3n) is 13.4. The third-order valence-corrected chi connectivity index (χ3v) is 13.4. The predicted octanol–water partition coefficient (Wildman–Crippen LogP) is 19.9. The van der Waals surface area contributed by atoms with E-state index in [-0.39, 0.29) is 31.1 Å². The van der Waals surface area contributed by atoms with Crippen LogP contribution < -0.4 is 0 Å². The van der Waals surface area contributed by atoms with Crippen molar-refractivity contribution in [2.24, 2.45) is 0 Å². The fraction of sp³-hybridized carbons (Fsp3) is 0.885.